The molecular weight excluding hydrogens is 368 g/mol. The van der Waals surface area contributed by atoms with Gasteiger partial charge in [-0.1, -0.05) is 66.7 Å². The number of ether oxygens (including phenoxy) is 1. The quantitative estimate of drug-likeness (QED) is 0.427. The Labute approximate surface area is 167 Å². The van der Waals surface area contributed by atoms with E-state index in [4.69, 9.17) is 4.74 Å². The molecule has 4 nitrogen and oxygen atoms in total. The summed E-state index contributed by atoms with van der Waals surface area (Å²) in [5.41, 5.74) is 3.22. The van der Waals surface area contributed by atoms with Gasteiger partial charge in [-0.3, -0.25) is 4.98 Å². The molecule has 5 heteroatoms. The lowest BCUT2D eigenvalue weighted by Crippen LogP contribution is -2.14. The van der Waals surface area contributed by atoms with Crippen LogP contribution in [-0.2, 0) is 4.74 Å². The summed E-state index contributed by atoms with van der Waals surface area (Å²) in [5.74, 6) is -0.392. The molecule has 28 heavy (non-hydrogen) atoms. The summed E-state index contributed by atoms with van der Waals surface area (Å²) >= 11 is 1.35. The highest BCUT2D eigenvalue weighted by Crippen LogP contribution is 2.31. The van der Waals surface area contributed by atoms with Gasteiger partial charge in [0.15, 0.2) is 6.10 Å². The molecule has 0 aliphatic carbocycles. The smallest absolute Gasteiger partial charge is 0.351 e. The zero-order valence-corrected chi connectivity index (χ0v) is 16.1. The van der Waals surface area contributed by atoms with E-state index in [1.54, 1.807) is 6.20 Å². The average molecular weight is 386 g/mol. The third kappa shape index (κ3) is 3.85. The molecule has 2 aromatic carbocycles. The second-order valence-electron chi connectivity index (χ2n) is 6.25. The van der Waals surface area contributed by atoms with Gasteiger partial charge >= 0.3 is 5.97 Å². The molecule has 0 aliphatic rings. The molecule has 0 aliphatic heterocycles. The first-order valence-electron chi connectivity index (χ1n) is 8.92. The molecule has 4 aromatic rings. The number of hydrogen-bond donors (Lipinski definition) is 0. The molecule has 1 unspecified atom stereocenters. The summed E-state index contributed by atoms with van der Waals surface area (Å²) < 4.78 is 5.91. The van der Waals surface area contributed by atoms with Crippen molar-refractivity contribution in [3.8, 4) is 10.6 Å². The maximum absolute atomic E-state index is 13.0. The predicted octanol–water partition coefficient (Wildman–Crippen LogP) is 5.46. The van der Waals surface area contributed by atoms with Gasteiger partial charge in [-0.05, 0) is 24.6 Å². The van der Waals surface area contributed by atoms with Crippen LogP contribution in [0.3, 0.4) is 0 Å². The van der Waals surface area contributed by atoms with E-state index < -0.39 is 12.1 Å². The van der Waals surface area contributed by atoms with Gasteiger partial charge in [-0.25, -0.2) is 9.78 Å². The molecule has 4 rings (SSSR count). The largest absolute Gasteiger partial charge is 0.447 e. The fourth-order valence-corrected chi connectivity index (χ4v) is 3.86. The molecule has 0 saturated heterocycles. The summed E-state index contributed by atoms with van der Waals surface area (Å²) in [5, 5.41) is 0.805. The average Bonchev–Trinajstić information content (AvgIpc) is 3.15. The number of thiazole rings is 1. The molecular formula is C23H18N2O2S. The van der Waals surface area contributed by atoms with Crippen molar-refractivity contribution in [1.29, 1.82) is 0 Å². The minimum Gasteiger partial charge on any atom is -0.447 e. The summed E-state index contributed by atoms with van der Waals surface area (Å²) in [6.45, 7) is 1.83. The van der Waals surface area contributed by atoms with Crippen LogP contribution < -0.4 is 0 Å². The van der Waals surface area contributed by atoms with Crippen LogP contribution in [0.2, 0.25) is 0 Å². The number of carbonyl (C=O) groups is 1. The second-order valence-corrected chi connectivity index (χ2v) is 7.25. The van der Waals surface area contributed by atoms with Crippen molar-refractivity contribution >= 4 is 17.3 Å². The van der Waals surface area contributed by atoms with Crippen molar-refractivity contribution in [3.63, 3.8) is 0 Å². The first-order valence-corrected chi connectivity index (χ1v) is 9.74. The highest BCUT2D eigenvalue weighted by Gasteiger charge is 2.24. The van der Waals surface area contributed by atoms with Crippen molar-refractivity contribution in [3.05, 3.63) is 107 Å². The SMILES string of the molecule is Cc1nc(-c2ccccc2)sc1C(=O)OC(c1ccccc1)c1ccccn1. The lowest BCUT2D eigenvalue weighted by atomic mass is 10.1. The second kappa shape index (κ2) is 8.15. The molecule has 1 atom stereocenters. The number of hydrogen-bond acceptors (Lipinski definition) is 5. The van der Waals surface area contributed by atoms with Gasteiger partial charge in [-0.2, -0.15) is 0 Å². The van der Waals surface area contributed by atoms with Crippen LogP contribution in [0.4, 0.5) is 0 Å². The third-order valence-electron chi connectivity index (χ3n) is 4.29. The number of aromatic nitrogens is 2. The van der Waals surface area contributed by atoms with Gasteiger partial charge in [0.1, 0.15) is 9.88 Å². The lowest BCUT2D eigenvalue weighted by Gasteiger charge is -2.17. The van der Waals surface area contributed by atoms with E-state index in [-0.39, 0.29) is 0 Å². The zero-order valence-electron chi connectivity index (χ0n) is 15.3. The van der Waals surface area contributed by atoms with Crippen molar-refractivity contribution in [2.45, 2.75) is 13.0 Å². The van der Waals surface area contributed by atoms with Crippen molar-refractivity contribution in [2.75, 3.05) is 0 Å². The number of nitrogens with zero attached hydrogens (tertiary/aromatic N) is 2. The Morgan fingerprint density at radius 1 is 0.929 bits per heavy atom. The molecule has 0 saturated carbocycles. The van der Waals surface area contributed by atoms with E-state index in [1.807, 2.05) is 85.8 Å². The van der Waals surface area contributed by atoms with Gasteiger partial charge in [0, 0.05) is 11.8 Å². The molecule has 0 spiro atoms. The van der Waals surface area contributed by atoms with Crippen LogP contribution in [-0.4, -0.2) is 15.9 Å². The highest BCUT2D eigenvalue weighted by atomic mass is 32.1. The summed E-state index contributed by atoms with van der Waals surface area (Å²) in [7, 11) is 0. The molecule has 0 fully saturated rings. The summed E-state index contributed by atoms with van der Waals surface area (Å²) in [6.07, 6.45) is 1.13. The number of pyridine rings is 1. The van der Waals surface area contributed by atoms with Gasteiger partial charge in [-0.15, -0.1) is 11.3 Å². The molecule has 0 amide bonds. The van der Waals surface area contributed by atoms with Crippen LogP contribution in [0.1, 0.15) is 32.7 Å². The molecule has 2 aromatic heterocycles. The van der Waals surface area contributed by atoms with Crippen LogP contribution in [0.15, 0.2) is 85.1 Å². The van der Waals surface area contributed by atoms with Crippen LogP contribution in [0.5, 0.6) is 0 Å². The van der Waals surface area contributed by atoms with Crippen LogP contribution >= 0.6 is 11.3 Å². The Hall–Kier alpha value is -3.31. The van der Waals surface area contributed by atoms with Crippen LogP contribution in [0.25, 0.3) is 10.6 Å². The van der Waals surface area contributed by atoms with E-state index in [9.17, 15) is 4.79 Å². The van der Waals surface area contributed by atoms with Gasteiger partial charge in [0.25, 0.3) is 0 Å². The maximum Gasteiger partial charge on any atom is 0.351 e. The Balaban J connectivity index is 1.65. The van der Waals surface area contributed by atoms with Crippen molar-refractivity contribution < 1.29 is 9.53 Å². The highest BCUT2D eigenvalue weighted by molar-refractivity contribution is 7.17. The standard InChI is InChI=1S/C23H18N2O2S/c1-16-21(28-22(25-16)18-12-6-3-7-13-18)23(26)27-20(17-10-4-2-5-11-17)19-14-8-9-15-24-19/h2-15,20H,1H3. The fraction of sp³-hybridized carbons (Fsp3) is 0.0870. The molecule has 0 bridgehead atoms. The van der Waals surface area contributed by atoms with E-state index in [0.717, 1.165) is 16.1 Å². The van der Waals surface area contributed by atoms with Crippen molar-refractivity contribution in [1.82, 2.24) is 9.97 Å². The molecule has 0 radical (unpaired) electrons. The van der Waals surface area contributed by atoms with Crippen LogP contribution in [0, 0.1) is 6.92 Å². The van der Waals surface area contributed by atoms with Crippen molar-refractivity contribution in [2.24, 2.45) is 0 Å². The van der Waals surface area contributed by atoms with Gasteiger partial charge < -0.3 is 4.74 Å². The normalized spacial score (nSPS) is 11.8. The number of rotatable bonds is 5. The number of carbonyl (C=O) groups excluding carboxylic acids is 1. The summed E-state index contributed by atoms with van der Waals surface area (Å²) in [6, 6.07) is 25.1. The zero-order chi connectivity index (χ0) is 19.3. The third-order valence-corrected chi connectivity index (χ3v) is 5.47. The minimum atomic E-state index is -0.573. The lowest BCUT2D eigenvalue weighted by molar-refractivity contribution is 0.0375. The number of esters is 1. The maximum atomic E-state index is 13.0. The molecule has 0 N–H and O–H groups in total. The monoisotopic (exact) mass is 386 g/mol. The first-order chi connectivity index (χ1) is 13.7. The minimum absolute atomic E-state index is 0.392. The summed E-state index contributed by atoms with van der Waals surface area (Å²) in [4.78, 5) is 22.4. The topological polar surface area (TPSA) is 52.1 Å². The fourth-order valence-electron chi connectivity index (χ4n) is 2.91. The van der Waals surface area contributed by atoms with E-state index in [2.05, 4.69) is 9.97 Å². The van der Waals surface area contributed by atoms with Gasteiger partial charge in [0.05, 0.1) is 11.4 Å². The Morgan fingerprint density at radius 2 is 1.61 bits per heavy atom. The van der Waals surface area contributed by atoms with Gasteiger partial charge in [0.2, 0.25) is 0 Å². The van der Waals surface area contributed by atoms with E-state index in [1.165, 1.54) is 11.3 Å². The first kappa shape index (κ1) is 18.1. The molecule has 138 valence electrons. The molecule has 2 heterocycles. The predicted molar refractivity (Wildman–Crippen MR) is 110 cm³/mol. The Morgan fingerprint density at radius 3 is 2.29 bits per heavy atom. The number of benzene rings is 2. The van der Waals surface area contributed by atoms with E-state index >= 15 is 0 Å². The van der Waals surface area contributed by atoms with E-state index in [0.29, 0.717) is 16.3 Å². The number of aryl methyl sites for hydroxylation is 1. The Kier molecular flexibility index (Phi) is 5.26. The Bertz CT molecular complexity index is 1020.